The Labute approximate surface area is 139 Å². The summed E-state index contributed by atoms with van der Waals surface area (Å²) in [6, 6.07) is 6.32. The summed E-state index contributed by atoms with van der Waals surface area (Å²) in [5, 5.41) is 10.7. The highest BCUT2D eigenvalue weighted by molar-refractivity contribution is 5.98. The fourth-order valence-electron chi connectivity index (χ4n) is 3.27. The van der Waals surface area contributed by atoms with Crippen molar-refractivity contribution < 1.29 is 19.2 Å². The Morgan fingerprint density at radius 1 is 1.21 bits per heavy atom. The monoisotopic (exact) mass is 332 g/mol. The Balaban J connectivity index is 1.54. The molecular formula is C17H20N2O5. The van der Waals surface area contributed by atoms with Gasteiger partial charge in [-0.25, -0.2) is 0 Å². The van der Waals surface area contributed by atoms with Gasteiger partial charge in [0.2, 0.25) is 11.9 Å². The molecule has 1 amide bonds. The highest BCUT2D eigenvalue weighted by Crippen LogP contribution is 2.36. The van der Waals surface area contributed by atoms with E-state index in [1.54, 1.807) is 36.3 Å². The summed E-state index contributed by atoms with van der Waals surface area (Å²) in [5.41, 5.74) is 0.649. The molecule has 128 valence electrons. The molecule has 0 N–H and O–H groups in total. The topological polar surface area (TPSA) is 89.8 Å². The average molecular weight is 332 g/mol. The zero-order valence-electron chi connectivity index (χ0n) is 13.5. The molecule has 0 spiro atoms. The first-order valence-corrected chi connectivity index (χ1v) is 8.12. The van der Waals surface area contributed by atoms with E-state index in [9.17, 15) is 19.7 Å². The fraction of sp³-hybridized carbons (Fsp3) is 0.529. The fourth-order valence-corrected chi connectivity index (χ4v) is 3.27. The van der Waals surface area contributed by atoms with Crippen LogP contribution < -0.4 is 4.74 Å². The summed E-state index contributed by atoms with van der Waals surface area (Å²) in [6.45, 7) is 0.985. The van der Waals surface area contributed by atoms with E-state index in [1.807, 2.05) is 0 Å². The van der Waals surface area contributed by atoms with E-state index in [1.165, 1.54) is 0 Å². The van der Waals surface area contributed by atoms with Gasteiger partial charge >= 0.3 is 0 Å². The van der Waals surface area contributed by atoms with Gasteiger partial charge in [0, 0.05) is 35.9 Å². The van der Waals surface area contributed by atoms with Crippen LogP contribution in [-0.2, 0) is 4.79 Å². The van der Waals surface area contributed by atoms with Gasteiger partial charge in [0.05, 0.1) is 7.11 Å². The number of piperidine rings is 1. The van der Waals surface area contributed by atoms with Crippen molar-refractivity contribution in [3.8, 4) is 5.75 Å². The zero-order chi connectivity index (χ0) is 17.3. The van der Waals surface area contributed by atoms with Crippen LogP contribution in [0.25, 0.3) is 0 Å². The Bertz CT molecular complexity index is 649. The number of hydrogen-bond acceptors (Lipinski definition) is 5. The molecule has 0 bridgehead atoms. The maximum atomic E-state index is 12.5. The van der Waals surface area contributed by atoms with Gasteiger partial charge in [-0.2, -0.15) is 0 Å². The van der Waals surface area contributed by atoms with Gasteiger partial charge < -0.3 is 9.64 Å². The first-order chi connectivity index (χ1) is 11.5. The van der Waals surface area contributed by atoms with Gasteiger partial charge in [-0.15, -0.1) is 0 Å². The smallest absolute Gasteiger partial charge is 0.232 e. The maximum absolute atomic E-state index is 12.5. The van der Waals surface area contributed by atoms with Crippen molar-refractivity contribution in [2.75, 3.05) is 20.2 Å². The number of rotatable bonds is 5. The van der Waals surface area contributed by atoms with Crippen LogP contribution in [-0.4, -0.2) is 47.8 Å². The van der Waals surface area contributed by atoms with Crippen LogP contribution in [0.1, 0.15) is 29.6 Å². The van der Waals surface area contributed by atoms with Crippen LogP contribution in [0.2, 0.25) is 0 Å². The highest BCUT2D eigenvalue weighted by atomic mass is 16.6. The summed E-state index contributed by atoms with van der Waals surface area (Å²) >= 11 is 0. The van der Waals surface area contributed by atoms with Crippen molar-refractivity contribution in [2.45, 2.75) is 25.3 Å². The molecule has 0 radical (unpaired) electrons. The van der Waals surface area contributed by atoms with Crippen molar-refractivity contribution in [2.24, 2.45) is 11.8 Å². The molecule has 3 rings (SSSR count). The van der Waals surface area contributed by atoms with Crippen LogP contribution in [0, 0.1) is 22.0 Å². The van der Waals surface area contributed by atoms with Crippen molar-refractivity contribution >= 4 is 11.7 Å². The van der Waals surface area contributed by atoms with Crippen molar-refractivity contribution in [1.82, 2.24) is 4.90 Å². The van der Waals surface area contributed by atoms with Gasteiger partial charge in [0.15, 0.2) is 5.78 Å². The largest absolute Gasteiger partial charge is 0.497 e. The number of methoxy groups -OCH3 is 1. The quantitative estimate of drug-likeness (QED) is 0.466. The van der Waals surface area contributed by atoms with Crippen molar-refractivity contribution in [1.29, 1.82) is 0 Å². The van der Waals surface area contributed by atoms with Gasteiger partial charge in [-0.1, -0.05) is 0 Å². The summed E-state index contributed by atoms with van der Waals surface area (Å²) in [5.74, 6) is 0.0879. The Hall–Kier alpha value is -2.44. The van der Waals surface area contributed by atoms with E-state index in [2.05, 4.69) is 0 Å². The second-order valence-electron chi connectivity index (χ2n) is 6.39. The number of nitrogens with zero attached hydrogens (tertiary/aromatic N) is 2. The molecule has 7 nitrogen and oxygen atoms in total. The molecule has 1 aromatic carbocycles. The lowest BCUT2D eigenvalue weighted by atomic mass is 9.88. The molecule has 24 heavy (non-hydrogen) atoms. The summed E-state index contributed by atoms with van der Waals surface area (Å²) in [6.07, 6.45) is 1.55. The molecule has 1 aliphatic carbocycles. The number of ketones is 1. The summed E-state index contributed by atoms with van der Waals surface area (Å²) < 4.78 is 5.09. The molecule has 7 heteroatoms. The van der Waals surface area contributed by atoms with E-state index in [4.69, 9.17) is 4.74 Å². The van der Waals surface area contributed by atoms with Crippen LogP contribution in [0.5, 0.6) is 5.75 Å². The van der Waals surface area contributed by atoms with Gasteiger partial charge in [-0.05, 0) is 37.1 Å². The van der Waals surface area contributed by atoms with E-state index in [-0.39, 0.29) is 22.5 Å². The number of nitro groups is 1. The first-order valence-electron chi connectivity index (χ1n) is 8.12. The zero-order valence-corrected chi connectivity index (χ0v) is 13.5. The number of benzene rings is 1. The van der Waals surface area contributed by atoms with Gasteiger partial charge in [0.25, 0.3) is 0 Å². The summed E-state index contributed by atoms with van der Waals surface area (Å²) in [7, 11) is 1.58. The molecule has 1 saturated heterocycles. The van der Waals surface area contributed by atoms with Crippen LogP contribution in [0.4, 0.5) is 0 Å². The highest BCUT2D eigenvalue weighted by Gasteiger charge is 2.54. The number of amides is 1. The normalized spacial score (nSPS) is 23.6. The van der Waals surface area contributed by atoms with Crippen LogP contribution in [0.3, 0.4) is 0 Å². The minimum Gasteiger partial charge on any atom is -0.497 e. The van der Waals surface area contributed by atoms with Crippen molar-refractivity contribution in [3.63, 3.8) is 0 Å². The number of carbonyl (C=O) groups is 2. The second kappa shape index (κ2) is 6.59. The third-order valence-corrected chi connectivity index (χ3v) is 4.90. The molecule has 0 unspecified atom stereocenters. The number of hydrogen-bond donors (Lipinski definition) is 0. The molecule has 1 saturated carbocycles. The standard InChI is InChI=1S/C17H20N2O5/c1-24-13-4-2-11(3-5-13)16(20)12-6-8-18(9-7-12)17(21)14-10-15(14)19(22)23/h2-5,12,14-15H,6-10H2,1H3/t14-,15+/m1/s1. The lowest BCUT2D eigenvalue weighted by Crippen LogP contribution is -2.41. The predicted octanol–water partition coefficient (Wildman–Crippen LogP) is 1.78. The maximum Gasteiger partial charge on any atom is 0.232 e. The third kappa shape index (κ3) is 3.25. The molecule has 2 fully saturated rings. The molecule has 1 aliphatic heterocycles. The van der Waals surface area contributed by atoms with Gasteiger partial charge in [-0.3, -0.25) is 19.7 Å². The predicted molar refractivity (Wildman–Crippen MR) is 85.5 cm³/mol. The Kier molecular flexibility index (Phi) is 4.51. The number of Topliss-reactive ketones (excluding diaryl/α,β-unsaturated/α-hetero) is 1. The molecular weight excluding hydrogens is 312 g/mol. The SMILES string of the molecule is COc1ccc(C(=O)C2CCN(C(=O)[C@@H]3C[C@@H]3[N+](=O)[O-])CC2)cc1. The lowest BCUT2D eigenvalue weighted by Gasteiger charge is -2.31. The van der Waals surface area contributed by atoms with Crippen LogP contribution in [0.15, 0.2) is 24.3 Å². The molecule has 2 aliphatic rings. The lowest BCUT2D eigenvalue weighted by molar-refractivity contribution is -0.497. The third-order valence-electron chi connectivity index (χ3n) is 4.90. The number of carbonyl (C=O) groups excluding carboxylic acids is 2. The van der Waals surface area contributed by atoms with Crippen molar-refractivity contribution in [3.05, 3.63) is 39.9 Å². The van der Waals surface area contributed by atoms with Crippen LogP contribution >= 0.6 is 0 Å². The Morgan fingerprint density at radius 2 is 1.83 bits per heavy atom. The average Bonchev–Trinajstić information content (AvgIpc) is 3.42. The minimum atomic E-state index is -0.712. The number of likely N-dealkylation sites (tertiary alicyclic amines) is 1. The van der Waals surface area contributed by atoms with Gasteiger partial charge in [0.1, 0.15) is 11.7 Å². The summed E-state index contributed by atoms with van der Waals surface area (Å²) in [4.78, 5) is 36.7. The number of ether oxygens (including phenoxy) is 1. The second-order valence-corrected chi connectivity index (χ2v) is 6.39. The van der Waals surface area contributed by atoms with E-state index < -0.39 is 12.0 Å². The molecule has 1 heterocycles. The molecule has 2 atom stereocenters. The minimum absolute atomic E-state index is 0.0827. The van der Waals surface area contributed by atoms with E-state index >= 15 is 0 Å². The molecule has 0 aromatic heterocycles. The molecule has 1 aromatic rings. The Morgan fingerprint density at radius 3 is 2.33 bits per heavy atom. The van der Waals surface area contributed by atoms with E-state index in [0.29, 0.717) is 43.7 Å². The first kappa shape index (κ1) is 16.4. The van der Waals surface area contributed by atoms with E-state index in [0.717, 1.165) is 0 Å².